The Balaban J connectivity index is 1.62. The van der Waals surface area contributed by atoms with E-state index in [4.69, 9.17) is 9.47 Å². The van der Waals surface area contributed by atoms with Gasteiger partial charge in [0, 0.05) is 58.8 Å². The molecule has 1 aromatic rings. The molecule has 170 valence electrons. The van der Waals surface area contributed by atoms with E-state index in [-0.39, 0.29) is 5.95 Å². The van der Waals surface area contributed by atoms with Crippen molar-refractivity contribution in [3.05, 3.63) is 18.0 Å². The molecule has 2 heterocycles. The van der Waals surface area contributed by atoms with Crippen molar-refractivity contribution in [2.45, 2.75) is 32.4 Å². The first-order chi connectivity index (χ1) is 14.5. The van der Waals surface area contributed by atoms with Gasteiger partial charge in [-0.15, -0.1) is 0 Å². The Bertz CT molecular complexity index is 639. The van der Waals surface area contributed by atoms with Crippen LogP contribution < -0.4 is 16.0 Å². The van der Waals surface area contributed by atoms with E-state index in [1.165, 1.54) is 0 Å². The molecule has 0 amide bonds. The summed E-state index contributed by atoms with van der Waals surface area (Å²) in [6.45, 7) is 7.16. The number of halogens is 3. The van der Waals surface area contributed by atoms with Gasteiger partial charge in [-0.1, -0.05) is 0 Å². The zero-order chi connectivity index (χ0) is 21.7. The quantitative estimate of drug-likeness (QED) is 0.281. The van der Waals surface area contributed by atoms with Crippen LogP contribution in [0.2, 0.25) is 0 Å². The van der Waals surface area contributed by atoms with Gasteiger partial charge in [0.25, 0.3) is 0 Å². The first kappa shape index (κ1) is 24.1. The van der Waals surface area contributed by atoms with E-state index in [2.05, 4.69) is 30.9 Å². The molecule has 1 saturated heterocycles. The Morgan fingerprint density at radius 3 is 2.80 bits per heavy atom. The van der Waals surface area contributed by atoms with E-state index in [1.54, 1.807) is 0 Å². The van der Waals surface area contributed by atoms with Gasteiger partial charge in [-0.3, -0.25) is 4.99 Å². The minimum Gasteiger partial charge on any atom is -0.381 e. The Morgan fingerprint density at radius 1 is 1.27 bits per heavy atom. The fraction of sp³-hybridized carbons (Fsp3) is 0.737. The minimum atomic E-state index is -4.49. The molecule has 2 rings (SSSR count). The highest BCUT2D eigenvalue weighted by atomic mass is 19.4. The summed E-state index contributed by atoms with van der Waals surface area (Å²) in [5.41, 5.74) is -0.970. The van der Waals surface area contributed by atoms with Crippen molar-refractivity contribution in [1.29, 1.82) is 0 Å². The molecule has 1 aliphatic rings. The Kier molecular flexibility index (Phi) is 10.6. The molecule has 0 spiro atoms. The summed E-state index contributed by atoms with van der Waals surface area (Å²) in [4.78, 5) is 11.7. The van der Waals surface area contributed by atoms with Gasteiger partial charge in [0.1, 0.15) is 5.69 Å². The normalized spacial score (nSPS) is 15.8. The van der Waals surface area contributed by atoms with Gasteiger partial charge in [0.15, 0.2) is 5.96 Å². The third-order valence-corrected chi connectivity index (χ3v) is 4.40. The van der Waals surface area contributed by atoms with Crippen LogP contribution in [0.15, 0.2) is 17.3 Å². The van der Waals surface area contributed by atoms with Crippen molar-refractivity contribution in [2.75, 3.05) is 57.9 Å². The van der Waals surface area contributed by atoms with Crippen molar-refractivity contribution in [3.63, 3.8) is 0 Å². The number of ether oxygens (including phenoxy) is 2. The number of hydrogen-bond donors (Lipinski definition) is 3. The summed E-state index contributed by atoms with van der Waals surface area (Å²) >= 11 is 0. The molecule has 0 aliphatic carbocycles. The number of rotatable bonds is 11. The monoisotopic (exact) mass is 432 g/mol. The zero-order valence-electron chi connectivity index (χ0n) is 17.3. The van der Waals surface area contributed by atoms with Crippen LogP contribution in [-0.4, -0.2) is 68.5 Å². The van der Waals surface area contributed by atoms with E-state index in [0.717, 1.165) is 51.3 Å². The summed E-state index contributed by atoms with van der Waals surface area (Å²) in [7, 11) is 0. The second kappa shape index (κ2) is 13.2. The lowest BCUT2D eigenvalue weighted by Crippen LogP contribution is -2.39. The Morgan fingerprint density at radius 2 is 2.07 bits per heavy atom. The van der Waals surface area contributed by atoms with Crippen molar-refractivity contribution >= 4 is 11.9 Å². The maximum atomic E-state index is 12.7. The molecule has 3 N–H and O–H groups in total. The van der Waals surface area contributed by atoms with Gasteiger partial charge < -0.3 is 25.4 Å². The number of guanidine groups is 1. The molecule has 0 atom stereocenters. The van der Waals surface area contributed by atoms with Crippen molar-refractivity contribution in [1.82, 2.24) is 20.6 Å². The SMILES string of the molecule is CCNC(=NCCCOCC1CCOCC1)NCCNc1nccc(C(F)(F)F)n1. The van der Waals surface area contributed by atoms with Crippen LogP contribution in [0.3, 0.4) is 0 Å². The highest BCUT2D eigenvalue weighted by molar-refractivity contribution is 5.79. The Labute approximate surface area is 175 Å². The molecule has 0 bridgehead atoms. The summed E-state index contributed by atoms with van der Waals surface area (Å²) in [6.07, 6.45) is -0.465. The standard InChI is InChI=1S/C19H31F3N6O2/c1-2-23-17(24-7-3-11-30-14-15-5-12-29-13-6-15)26-9-10-27-18-25-8-4-16(28-18)19(20,21)22/h4,8,15H,2-3,5-7,9-14H2,1H3,(H2,23,24,26)(H,25,27,28). The molecule has 0 unspecified atom stereocenters. The topological polar surface area (TPSA) is 92.7 Å². The van der Waals surface area contributed by atoms with Gasteiger partial charge >= 0.3 is 6.18 Å². The number of alkyl halides is 3. The van der Waals surface area contributed by atoms with E-state index in [1.807, 2.05) is 6.92 Å². The summed E-state index contributed by atoms with van der Waals surface area (Å²) in [5, 5.41) is 9.02. The second-order valence-electron chi connectivity index (χ2n) is 6.86. The van der Waals surface area contributed by atoms with Crippen LogP contribution in [0.1, 0.15) is 31.9 Å². The largest absolute Gasteiger partial charge is 0.433 e. The smallest absolute Gasteiger partial charge is 0.381 e. The van der Waals surface area contributed by atoms with Gasteiger partial charge in [-0.2, -0.15) is 13.2 Å². The molecule has 0 radical (unpaired) electrons. The van der Waals surface area contributed by atoms with Gasteiger partial charge in [-0.25, -0.2) is 9.97 Å². The number of aliphatic imine (C=N–C) groups is 1. The molecule has 30 heavy (non-hydrogen) atoms. The number of nitrogens with zero attached hydrogens (tertiary/aromatic N) is 3. The van der Waals surface area contributed by atoms with E-state index in [0.29, 0.717) is 44.7 Å². The summed E-state index contributed by atoms with van der Waals surface area (Å²) in [6, 6.07) is 0.840. The molecule has 11 heteroatoms. The van der Waals surface area contributed by atoms with Crippen LogP contribution in [0, 0.1) is 5.92 Å². The predicted octanol–water partition coefficient (Wildman–Crippen LogP) is 2.30. The van der Waals surface area contributed by atoms with Gasteiger partial charge in [-0.05, 0) is 38.2 Å². The number of hydrogen-bond acceptors (Lipinski definition) is 6. The molecule has 1 fully saturated rings. The average molecular weight is 432 g/mol. The molecule has 1 aromatic heterocycles. The first-order valence-corrected chi connectivity index (χ1v) is 10.3. The minimum absolute atomic E-state index is 0.0600. The lowest BCUT2D eigenvalue weighted by Gasteiger charge is -2.21. The Hall–Kier alpha value is -2.14. The maximum absolute atomic E-state index is 12.7. The predicted molar refractivity (Wildman–Crippen MR) is 108 cm³/mol. The second-order valence-corrected chi connectivity index (χ2v) is 6.86. The van der Waals surface area contributed by atoms with Gasteiger partial charge in [0.2, 0.25) is 5.95 Å². The van der Waals surface area contributed by atoms with Crippen molar-refractivity contribution in [3.8, 4) is 0 Å². The molecule has 1 aliphatic heterocycles. The highest BCUT2D eigenvalue weighted by Gasteiger charge is 2.32. The van der Waals surface area contributed by atoms with Crippen LogP contribution in [0.5, 0.6) is 0 Å². The maximum Gasteiger partial charge on any atom is 0.433 e. The lowest BCUT2D eigenvalue weighted by molar-refractivity contribution is -0.141. The fourth-order valence-electron chi connectivity index (χ4n) is 2.82. The highest BCUT2D eigenvalue weighted by Crippen LogP contribution is 2.27. The number of nitrogens with one attached hydrogen (secondary N) is 3. The molecular weight excluding hydrogens is 401 g/mol. The van der Waals surface area contributed by atoms with E-state index < -0.39 is 11.9 Å². The van der Waals surface area contributed by atoms with Crippen LogP contribution in [-0.2, 0) is 15.7 Å². The van der Waals surface area contributed by atoms with Gasteiger partial charge in [0.05, 0.1) is 0 Å². The number of anilines is 1. The zero-order valence-corrected chi connectivity index (χ0v) is 17.3. The number of aromatic nitrogens is 2. The summed E-state index contributed by atoms with van der Waals surface area (Å²) < 4.78 is 49.1. The molecular formula is C19H31F3N6O2. The third kappa shape index (κ3) is 9.57. The van der Waals surface area contributed by atoms with Crippen LogP contribution in [0.4, 0.5) is 19.1 Å². The van der Waals surface area contributed by atoms with E-state index >= 15 is 0 Å². The molecule has 0 aromatic carbocycles. The van der Waals surface area contributed by atoms with Crippen LogP contribution in [0.25, 0.3) is 0 Å². The average Bonchev–Trinajstić information content (AvgIpc) is 2.74. The van der Waals surface area contributed by atoms with E-state index in [9.17, 15) is 13.2 Å². The lowest BCUT2D eigenvalue weighted by atomic mass is 10.0. The van der Waals surface area contributed by atoms with Crippen molar-refractivity contribution in [2.24, 2.45) is 10.9 Å². The van der Waals surface area contributed by atoms with Crippen LogP contribution >= 0.6 is 0 Å². The molecule has 0 saturated carbocycles. The van der Waals surface area contributed by atoms with Crippen molar-refractivity contribution < 1.29 is 22.6 Å². The fourth-order valence-corrected chi connectivity index (χ4v) is 2.82. The molecule has 8 nitrogen and oxygen atoms in total. The summed E-state index contributed by atoms with van der Waals surface area (Å²) in [5.74, 6) is 1.18. The third-order valence-electron chi connectivity index (χ3n) is 4.40. The first-order valence-electron chi connectivity index (χ1n) is 10.3.